The molecule has 0 fully saturated rings. The maximum Gasteiger partial charge on any atom is 0.0914 e. The molecule has 2 rings (SSSR count). The maximum atomic E-state index is 10.0. The first-order valence-corrected chi connectivity index (χ1v) is 7.08. The van der Waals surface area contributed by atoms with E-state index in [1.165, 1.54) is 5.56 Å². The van der Waals surface area contributed by atoms with Crippen molar-refractivity contribution in [2.24, 2.45) is 0 Å². The predicted octanol–water partition coefficient (Wildman–Crippen LogP) is 2.71. The molecule has 0 aliphatic rings. The molecular weight excluding hydrogens is 304 g/mol. The van der Waals surface area contributed by atoms with E-state index in [0.717, 1.165) is 23.0 Å². The van der Waals surface area contributed by atoms with Crippen LogP contribution in [0.5, 0.6) is 0 Å². The van der Waals surface area contributed by atoms with Crippen molar-refractivity contribution in [3.05, 3.63) is 64.4 Å². The molecule has 0 aliphatic carbocycles. The number of nitrogens with one attached hydrogen (secondary N) is 1. The van der Waals surface area contributed by atoms with Crippen LogP contribution in [0.25, 0.3) is 0 Å². The summed E-state index contributed by atoms with van der Waals surface area (Å²) in [6.07, 6.45) is 4.07. The van der Waals surface area contributed by atoms with Crippen molar-refractivity contribution in [1.82, 2.24) is 10.3 Å². The lowest BCUT2D eigenvalue weighted by molar-refractivity contribution is 0.175. The van der Waals surface area contributed by atoms with Gasteiger partial charge in [-0.3, -0.25) is 4.98 Å². The fraction of sp³-hybridized carbons (Fsp3) is 0.267. The number of benzene rings is 1. The van der Waals surface area contributed by atoms with Gasteiger partial charge in [0.1, 0.15) is 0 Å². The SMILES string of the molecule is OC(CNCCc1cccnc1)c1cccc(Br)c1. The normalized spacial score (nSPS) is 12.3. The van der Waals surface area contributed by atoms with Crippen LogP contribution >= 0.6 is 15.9 Å². The molecule has 1 aromatic heterocycles. The van der Waals surface area contributed by atoms with Crippen LogP contribution in [0.2, 0.25) is 0 Å². The zero-order valence-electron chi connectivity index (χ0n) is 10.6. The summed E-state index contributed by atoms with van der Waals surface area (Å²) in [5.41, 5.74) is 2.12. The zero-order chi connectivity index (χ0) is 13.5. The van der Waals surface area contributed by atoms with Crippen LogP contribution < -0.4 is 5.32 Å². The highest BCUT2D eigenvalue weighted by Crippen LogP contribution is 2.17. The van der Waals surface area contributed by atoms with Gasteiger partial charge in [0.2, 0.25) is 0 Å². The van der Waals surface area contributed by atoms with E-state index in [1.807, 2.05) is 36.5 Å². The van der Waals surface area contributed by atoms with Gasteiger partial charge in [0.05, 0.1) is 6.10 Å². The molecule has 1 unspecified atom stereocenters. The average Bonchev–Trinajstić information content (AvgIpc) is 2.44. The first kappa shape index (κ1) is 14.2. The summed E-state index contributed by atoms with van der Waals surface area (Å²) < 4.78 is 0.986. The van der Waals surface area contributed by atoms with E-state index in [2.05, 4.69) is 32.3 Å². The van der Waals surface area contributed by atoms with Gasteiger partial charge in [0, 0.05) is 23.4 Å². The number of hydrogen-bond donors (Lipinski definition) is 2. The van der Waals surface area contributed by atoms with Gasteiger partial charge in [-0.05, 0) is 42.3 Å². The quantitative estimate of drug-likeness (QED) is 0.804. The van der Waals surface area contributed by atoms with Gasteiger partial charge in [-0.1, -0.05) is 34.1 Å². The van der Waals surface area contributed by atoms with Gasteiger partial charge in [-0.15, -0.1) is 0 Å². The largest absolute Gasteiger partial charge is 0.387 e. The van der Waals surface area contributed by atoms with Crippen molar-refractivity contribution >= 4 is 15.9 Å². The number of aliphatic hydroxyl groups excluding tert-OH is 1. The van der Waals surface area contributed by atoms with Crippen molar-refractivity contribution in [2.45, 2.75) is 12.5 Å². The second kappa shape index (κ2) is 7.38. The molecule has 0 aliphatic heterocycles. The van der Waals surface area contributed by atoms with Gasteiger partial charge >= 0.3 is 0 Å². The summed E-state index contributed by atoms with van der Waals surface area (Å²) >= 11 is 3.40. The molecule has 1 aromatic carbocycles. The molecule has 1 atom stereocenters. The third-order valence-corrected chi connectivity index (χ3v) is 3.38. The zero-order valence-corrected chi connectivity index (χ0v) is 12.2. The first-order chi connectivity index (χ1) is 9.25. The summed E-state index contributed by atoms with van der Waals surface area (Å²) in [4.78, 5) is 4.07. The Morgan fingerprint density at radius 3 is 2.89 bits per heavy atom. The number of halogens is 1. The lowest BCUT2D eigenvalue weighted by atomic mass is 10.1. The molecule has 0 spiro atoms. The van der Waals surface area contributed by atoms with Crippen molar-refractivity contribution in [1.29, 1.82) is 0 Å². The number of rotatable bonds is 6. The number of aliphatic hydroxyl groups is 1. The first-order valence-electron chi connectivity index (χ1n) is 6.29. The molecule has 2 N–H and O–H groups in total. The smallest absolute Gasteiger partial charge is 0.0914 e. The third-order valence-electron chi connectivity index (χ3n) is 2.88. The van der Waals surface area contributed by atoms with E-state index in [-0.39, 0.29) is 0 Å². The Morgan fingerprint density at radius 2 is 2.16 bits per heavy atom. The van der Waals surface area contributed by atoms with Crippen LogP contribution in [0.3, 0.4) is 0 Å². The summed E-state index contributed by atoms with van der Waals surface area (Å²) in [6.45, 7) is 1.38. The average molecular weight is 321 g/mol. The molecule has 0 saturated carbocycles. The molecule has 3 nitrogen and oxygen atoms in total. The van der Waals surface area contributed by atoms with Crippen LogP contribution in [0.1, 0.15) is 17.2 Å². The Bertz CT molecular complexity index is 505. The monoisotopic (exact) mass is 320 g/mol. The van der Waals surface area contributed by atoms with Crippen LogP contribution in [0.15, 0.2) is 53.3 Å². The van der Waals surface area contributed by atoms with E-state index in [1.54, 1.807) is 6.20 Å². The maximum absolute atomic E-state index is 10.0. The minimum Gasteiger partial charge on any atom is -0.387 e. The summed E-state index contributed by atoms with van der Waals surface area (Å²) in [5, 5.41) is 13.3. The summed E-state index contributed by atoms with van der Waals surface area (Å²) in [6, 6.07) is 11.7. The Labute approximate surface area is 121 Å². The van der Waals surface area contributed by atoms with Crippen LogP contribution in [0, 0.1) is 0 Å². The molecule has 2 aromatic rings. The standard InChI is InChI=1S/C15H17BrN2O/c16-14-5-1-4-13(9-14)15(19)11-18-8-6-12-3-2-7-17-10-12/h1-5,7,9-10,15,18-19H,6,8,11H2. The minimum atomic E-state index is -0.480. The molecule has 1 heterocycles. The Hall–Kier alpha value is -1.23. The highest BCUT2D eigenvalue weighted by molar-refractivity contribution is 9.10. The lowest BCUT2D eigenvalue weighted by Gasteiger charge is -2.12. The fourth-order valence-corrected chi connectivity index (χ4v) is 2.27. The number of pyridine rings is 1. The highest BCUT2D eigenvalue weighted by Gasteiger charge is 2.06. The molecule has 0 saturated heterocycles. The Morgan fingerprint density at radius 1 is 1.26 bits per heavy atom. The number of nitrogens with zero attached hydrogens (tertiary/aromatic N) is 1. The van der Waals surface area contributed by atoms with Crippen molar-refractivity contribution in [3.63, 3.8) is 0 Å². The van der Waals surface area contributed by atoms with Crippen molar-refractivity contribution in [3.8, 4) is 0 Å². The van der Waals surface area contributed by atoms with E-state index < -0.39 is 6.10 Å². The van der Waals surface area contributed by atoms with Gasteiger partial charge < -0.3 is 10.4 Å². The predicted molar refractivity (Wildman–Crippen MR) is 79.9 cm³/mol. The van der Waals surface area contributed by atoms with E-state index >= 15 is 0 Å². The highest BCUT2D eigenvalue weighted by atomic mass is 79.9. The Balaban J connectivity index is 1.74. The number of hydrogen-bond acceptors (Lipinski definition) is 3. The second-order valence-electron chi connectivity index (χ2n) is 4.39. The molecule has 0 amide bonds. The van der Waals surface area contributed by atoms with E-state index in [4.69, 9.17) is 0 Å². The third kappa shape index (κ3) is 4.74. The summed E-state index contributed by atoms with van der Waals surface area (Å²) in [5.74, 6) is 0. The van der Waals surface area contributed by atoms with Gasteiger partial charge in [0.25, 0.3) is 0 Å². The van der Waals surface area contributed by atoms with Crippen LogP contribution in [-0.4, -0.2) is 23.2 Å². The van der Waals surface area contributed by atoms with Gasteiger partial charge in [-0.2, -0.15) is 0 Å². The van der Waals surface area contributed by atoms with E-state index in [9.17, 15) is 5.11 Å². The molecule has 100 valence electrons. The topological polar surface area (TPSA) is 45.1 Å². The van der Waals surface area contributed by atoms with E-state index in [0.29, 0.717) is 6.54 Å². The van der Waals surface area contributed by atoms with Gasteiger partial charge in [0.15, 0.2) is 0 Å². The molecule has 4 heteroatoms. The Kier molecular flexibility index (Phi) is 5.51. The molecular formula is C15H17BrN2O. The van der Waals surface area contributed by atoms with Crippen molar-refractivity contribution in [2.75, 3.05) is 13.1 Å². The molecule has 0 radical (unpaired) electrons. The second-order valence-corrected chi connectivity index (χ2v) is 5.30. The summed E-state index contributed by atoms with van der Waals surface area (Å²) in [7, 11) is 0. The number of aromatic nitrogens is 1. The van der Waals surface area contributed by atoms with Crippen LogP contribution in [0.4, 0.5) is 0 Å². The fourth-order valence-electron chi connectivity index (χ4n) is 1.85. The molecule has 0 bridgehead atoms. The van der Waals surface area contributed by atoms with Gasteiger partial charge in [-0.25, -0.2) is 0 Å². The lowest BCUT2D eigenvalue weighted by Crippen LogP contribution is -2.23. The molecule has 19 heavy (non-hydrogen) atoms. The minimum absolute atomic E-state index is 0.480. The van der Waals surface area contributed by atoms with Crippen LogP contribution in [-0.2, 0) is 6.42 Å². The van der Waals surface area contributed by atoms with Crippen molar-refractivity contribution < 1.29 is 5.11 Å².